The average molecular weight is 191 g/mol. The minimum atomic E-state index is -0.259. The van der Waals surface area contributed by atoms with Crippen LogP contribution in [-0.4, -0.2) is 17.8 Å². The first-order chi connectivity index (χ1) is 6.77. The van der Waals surface area contributed by atoms with Crippen molar-refractivity contribution in [2.24, 2.45) is 5.73 Å². The van der Waals surface area contributed by atoms with Gasteiger partial charge < -0.3 is 10.8 Å². The summed E-state index contributed by atoms with van der Waals surface area (Å²) >= 11 is 0. The third-order valence-electron chi connectivity index (χ3n) is 2.15. The SMILES string of the molecule is CCC(=C[C@H](N)CO)c1ccccc1. The number of allylic oxidation sites excluding steroid dienone is 1. The fourth-order valence-corrected chi connectivity index (χ4v) is 1.38. The Kier molecular flexibility index (Phi) is 4.36. The van der Waals surface area contributed by atoms with E-state index in [1.54, 1.807) is 0 Å². The molecule has 0 bridgehead atoms. The maximum absolute atomic E-state index is 8.86. The maximum atomic E-state index is 8.86. The van der Waals surface area contributed by atoms with Gasteiger partial charge in [0.05, 0.1) is 6.61 Å². The third kappa shape index (κ3) is 2.98. The van der Waals surface area contributed by atoms with Gasteiger partial charge in [0.25, 0.3) is 0 Å². The van der Waals surface area contributed by atoms with E-state index in [1.807, 2.05) is 24.3 Å². The topological polar surface area (TPSA) is 46.2 Å². The predicted molar refractivity (Wildman–Crippen MR) is 59.8 cm³/mol. The lowest BCUT2D eigenvalue weighted by atomic mass is 10.0. The zero-order chi connectivity index (χ0) is 10.4. The highest BCUT2D eigenvalue weighted by molar-refractivity contribution is 5.65. The van der Waals surface area contributed by atoms with Gasteiger partial charge in [0.1, 0.15) is 0 Å². The van der Waals surface area contributed by atoms with E-state index in [2.05, 4.69) is 19.1 Å². The highest BCUT2D eigenvalue weighted by atomic mass is 16.3. The van der Waals surface area contributed by atoms with Crippen LogP contribution in [0.3, 0.4) is 0 Å². The largest absolute Gasteiger partial charge is 0.394 e. The van der Waals surface area contributed by atoms with Gasteiger partial charge in [0.2, 0.25) is 0 Å². The summed E-state index contributed by atoms with van der Waals surface area (Å²) in [5, 5.41) is 8.86. The minimum absolute atomic E-state index is 0.00364. The minimum Gasteiger partial charge on any atom is -0.394 e. The average Bonchev–Trinajstić information content (AvgIpc) is 2.26. The molecular formula is C12H17NO. The highest BCUT2D eigenvalue weighted by Gasteiger charge is 2.01. The van der Waals surface area contributed by atoms with Gasteiger partial charge in [-0.2, -0.15) is 0 Å². The van der Waals surface area contributed by atoms with Crippen molar-refractivity contribution in [3.05, 3.63) is 42.0 Å². The fourth-order valence-electron chi connectivity index (χ4n) is 1.38. The maximum Gasteiger partial charge on any atom is 0.0618 e. The lowest BCUT2D eigenvalue weighted by Gasteiger charge is -2.08. The highest BCUT2D eigenvalue weighted by Crippen LogP contribution is 2.17. The van der Waals surface area contributed by atoms with Gasteiger partial charge >= 0.3 is 0 Å². The van der Waals surface area contributed by atoms with Crippen LogP contribution >= 0.6 is 0 Å². The van der Waals surface area contributed by atoms with Crippen LogP contribution in [0.15, 0.2) is 36.4 Å². The van der Waals surface area contributed by atoms with Crippen molar-refractivity contribution < 1.29 is 5.11 Å². The second-order valence-corrected chi connectivity index (χ2v) is 3.26. The smallest absolute Gasteiger partial charge is 0.0618 e. The van der Waals surface area contributed by atoms with E-state index in [0.717, 1.165) is 6.42 Å². The van der Waals surface area contributed by atoms with Crippen molar-refractivity contribution in [3.63, 3.8) is 0 Å². The molecule has 2 nitrogen and oxygen atoms in total. The van der Waals surface area contributed by atoms with Gasteiger partial charge in [-0.1, -0.05) is 43.3 Å². The quantitative estimate of drug-likeness (QED) is 0.762. The van der Waals surface area contributed by atoms with E-state index in [4.69, 9.17) is 10.8 Å². The van der Waals surface area contributed by atoms with Gasteiger partial charge in [0, 0.05) is 6.04 Å². The summed E-state index contributed by atoms with van der Waals surface area (Å²) in [7, 11) is 0. The Morgan fingerprint density at radius 1 is 1.43 bits per heavy atom. The first kappa shape index (κ1) is 11.0. The van der Waals surface area contributed by atoms with Gasteiger partial charge in [-0.05, 0) is 17.6 Å². The molecule has 0 saturated heterocycles. The Labute approximate surface area is 85.1 Å². The summed E-state index contributed by atoms with van der Waals surface area (Å²) < 4.78 is 0. The molecule has 14 heavy (non-hydrogen) atoms. The standard InChI is InChI=1S/C12H17NO/c1-2-10(8-12(13)9-14)11-6-4-3-5-7-11/h3-8,12,14H,2,9,13H2,1H3/t12-/m0/s1. The van der Waals surface area contributed by atoms with E-state index in [1.165, 1.54) is 11.1 Å². The van der Waals surface area contributed by atoms with Gasteiger partial charge in [0.15, 0.2) is 0 Å². The number of aliphatic hydroxyl groups is 1. The first-order valence-electron chi connectivity index (χ1n) is 4.90. The Morgan fingerprint density at radius 3 is 2.57 bits per heavy atom. The number of benzene rings is 1. The third-order valence-corrected chi connectivity index (χ3v) is 2.15. The molecule has 0 unspecified atom stereocenters. The molecule has 0 amide bonds. The molecule has 0 aliphatic heterocycles. The molecule has 0 aliphatic rings. The van der Waals surface area contributed by atoms with Crippen molar-refractivity contribution in [1.29, 1.82) is 0 Å². The normalized spacial score (nSPS) is 14.1. The van der Waals surface area contributed by atoms with E-state index in [9.17, 15) is 0 Å². The summed E-state index contributed by atoms with van der Waals surface area (Å²) in [6.07, 6.45) is 2.85. The predicted octanol–water partition coefficient (Wildman–Crippen LogP) is 1.80. The lowest BCUT2D eigenvalue weighted by molar-refractivity contribution is 0.284. The van der Waals surface area contributed by atoms with Gasteiger partial charge in [-0.3, -0.25) is 0 Å². The Hall–Kier alpha value is -1.12. The van der Waals surface area contributed by atoms with E-state index >= 15 is 0 Å². The molecule has 1 aromatic carbocycles. The molecule has 0 aliphatic carbocycles. The van der Waals surface area contributed by atoms with Gasteiger partial charge in [-0.15, -0.1) is 0 Å². The summed E-state index contributed by atoms with van der Waals surface area (Å²) in [5.74, 6) is 0. The second-order valence-electron chi connectivity index (χ2n) is 3.26. The number of nitrogens with two attached hydrogens (primary N) is 1. The molecule has 3 N–H and O–H groups in total. The first-order valence-corrected chi connectivity index (χ1v) is 4.90. The van der Waals surface area contributed by atoms with Crippen molar-refractivity contribution in [2.45, 2.75) is 19.4 Å². The van der Waals surface area contributed by atoms with Crippen molar-refractivity contribution >= 4 is 5.57 Å². The summed E-state index contributed by atoms with van der Waals surface area (Å²) in [4.78, 5) is 0. The molecule has 0 saturated carbocycles. The van der Waals surface area contributed by atoms with Crippen LogP contribution in [0, 0.1) is 0 Å². The molecule has 0 heterocycles. The molecule has 0 radical (unpaired) electrons. The molecule has 0 fully saturated rings. The van der Waals surface area contributed by atoms with Crippen LogP contribution in [-0.2, 0) is 0 Å². The molecule has 1 atom stereocenters. The lowest BCUT2D eigenvalue weighted by Crippen LogP contribution is -2.21. The Balaban J connectivity index is 2.87. The molecule has 0 aromatic heterocycles. The number of hydrogen-bond acceptors (Lipinski definition) is 2. The number of aliphatic hydroxyl groups excluding tert-OH is 1. The number of hydrogen-bond donors (Lipinski definition) is 2. The molecule has 2 heteroatoms. The second kappa shape index (κ2) is 5.58. The monoisotopic (exact) mass is 191 g/mol. The molecule has 0 spiro atoms. The van der Waals surface area contributed by atoms with Crippen LogP contribution < -0.4 is 5.73 Å². The molecule has 1 aromatic rings. The molecule has 76 valence electrons. The van der Waals surface area contributed by atoms with Crippen molar-refractivity contribution in [3.8, 4) is 0 Å². The Bertz CT molecular complexity index is 292. The van der Waals surface area contributed by atoms with Crippen LogP contribution in [0.2, 0.25) is 0 Å². The Morgan fingerprint density at radius 2 is 2.07 bits per heavy atom. The van der Waals surface area contributed by atoms with E-state index < -0.39 is 0 Å². The summed E-state index contributed by atoms with van der Waals surface area (Å²) in [5.41, 5.74) is 8.03. The zero-order valence-electron chi connectivity index (χ0n) is 8.48. The van der Waals surface area contributed by atoms with Crippen LogP contribution in [0.1, 0.15) is 18.9 Å². The van der Waals surface area contributed by atoms with Gasteiger partial charge in [-0.25, -0.2) is 0 Å². The molecule has 1 rings (SSSR count). The van der Waals surface area contributed by atoms with E-state index in [-0.39, 0.29) is 12.6 Å². The van der Waals surface area contributed by atoms with Crippen LogP contribution in [0.4, 0.5) is 0 Å². The summed E-state index contributed by atoms with van der Waals surface area (Å²) in [6.45, 7) is 2.08. The van der Waals surface area contributed by atoms with Crippen LogP contribution in [0.25, 0.3) is 5.57 Å². The van der Waals surface area contributed by atoms with Crippen LogP contribution in [0.5, 0.6) is 0 Å². The van der Waals surface area contributed by atoms with Crippen molar-refractivity contribution in [2.75, 3.05) is 6.61 Å². The fraction of sp³-hybridized carbons (Fsp3) is 0.333. The van der Waals surface area contributed by atoms with Crippen molar-refractivity contribution in [1.82, 2.24) is 0 Å². The number of rotatable bonds is 4. The van der Waals surface area contributed by atoms with E-state index in [0.29, 0.717) is 0 Å². The summed E-state index contributed by atoms with van der Waals surface area (Å²) in [6, 6.07) is 9.85. The zero-order valence-corrected chi connectivity index (χ0v) is 8.48. The molecular weight excluding hydrogens is 174 g/mol.